The van der Waals surface area contributed by atoms with Crippen LogP contribution in [0.3, 0.4) is 0 Å². The number of hydrogen-bond acceptors (Lipinski definition) is 2. The van der Waals surface area contributed by atoms with Gasteiger partial charge in [-0.1, -0.05) is 35.0 Å². The molecule has 4 heteroatoms. The molecule has 1 amide bonds. The van der Waals surface area contributed by atoms with Crippen molar-refractivity contribution in [2.45, 2.75) is 38.6 Å². The van der Waals surface area contributed by atoms with Crippen LogP contribution in [0.15, 0.2) is 28.7 Å². The first-order valence-corrected chi connectivity index (χ1v) is 8.17. The molecule has 0 heterocycles. The average Bonchev–Trinajstić information content (AvgIpc) is 3.26. The zero-order chi connectivity index (χ0) is 14.5. The Balaban J connectivity index is 1.85. The predicted octanol–water partition coefficient (Wildman–Crippen LogP) is 2.87. The Morgan fingerprint density at radius 1 is 1.50 bits per heavy atom. The fourth-order valence-corrected chi connectivity index (χ4v) is 2.87. The van der Waals surface area contributed by atoms with Crippen LogP contribution in [0.4, 0.5) is 0 Å². The molecule has 0 bridgehead atoms. The van der Waals surface area contributed by atoms with Crippen molar-refractivity contribution in [1.29, 1.82) is 0 Å². The lowest BCUT2D eigenvalue weighted by atomic mass is 9.96. The Bertz CT molecular complexity index is 460. The number of halogens is 1. The number of rotatable bonds is 7. The van der Waals surface area contributed by atoms with Crippen LogP contribution in [0.1, 0.15) is 31.7 Å². The van der Waals surface area contributed by atoms with Crippen LogP contribution < -0.4 is 11.1 Å². The van der Waals surface area contributed by atoms with E-state index in [9.17, 15) is 4.79 Å². The van der Waals surface area contributed by atoms with Crippen LogP contribution in [0.2, 0.25) is 0 Å². The number of nitrogens with one attached hydrogen (secondary N) is 1. The minimum atomic E-state index is 0.0238. The third-order valence-corrected chi connectivity index (χ3v) is 4.47. The molecule has 2 rings (SSSR count). The molecule has 3 N–H and O–H groups in total. The monoisotopic (exact) mass is 338 g/mol. The molecule has 2 unspecified atom stereocenters. The summed E-state index contributed by atoms with van der Waals surface area (Å²) in [6.45, 7) is 2.67. The third-order valence-electron chi connectivity index (χ3n) is 3.97. The van der Waals surface area contributed by atoms with Crippen LogP contribution in [0.25, 0.3) is 0 Å². The second-order valence-corrected chi connectivity index (χ2v) is 6.60. The van der Waals surface area contributed by atoms with Gasteiger partial charge in [-0.25, -0.2) is 0 Å². The van der Waals surface area contributed by atoms with Gasteiger partial charge in [0.15, 0.2) is 0 Å². The van der Waals surface area contributed by atoms with Crippen molar-refractivity contribution in [1.82, 2.24) is 5.32 Å². The minimum absolute atomic E-state index is 0.0238. The molecule has 1 aromatic rings. The van der Waals surface area contributed by atoms with E-state index in [0.717, 1.165) is 17.3 Å². The van der Waals surface area contributed by atoms with E-state index in [1.165, 1.54) is 18.4 Å². The molecule has 0 aromatic heterocycles. The van der Waals surface area contributed by atoms with E-state index < -0.39 is 0 Å². The zero-order valence-electron chi connectivity index (χ0n) is 11.9. The summed E-state index contributed by atoms with van der Waals surface area (Å²) < 4.78 is 1.06. The Morgan fingerprint density at radius 3 is 2.85 bits per heavy atom. The first-order chi connectivity index (χ1) is 9.60. The van der Waals surface area contributed by atoms with Crippen molar-refractivity contribution >= 4 is 21.8 Å². The topological polar surface area (TPSA) is 55.1 Å². The fraction of sp³-hybridized carbons (Fsp3) is 0.562. The van der Waals surface area contributed by atoms with Crippen molar-refractivity contribution in [3.63, 3.8) is 0 Å². The largest absolute Gasteiger partial charge is 0.354 e. The van der Waals surface area contributed by atoms with Crippen LogP contribution in [-0.2, 0) is 11.2 Å². The summed E-state index contributed by atoms with van der Waals surface area (Å²) in [5.41, 5.74) is 7.21. The third kappa shape index (κ3) is 4.60. The maximum absolute atomic E-state index is 12.2. The first-order valence-electron chi connectivity index (χ1n) is 7.38. The lowest BCUT2D eigenvalue weighted by Crippen LogP contribution is -2.41. The molecule has 0 aliphatic heterocycles. The highest BCUT2D eigenvalue weighted by Crippen LogP contribution is 2.31. The predicted molar refractivity (Wildman–Crippen MR) is 85.3 cm³/mol. The Labute approximate surface area is 129 Å². The van der Waals surface area contributed by atoms with Gasteiger partial charge in [-0.15, -0.1) is 0 Å². The minimum Gasteiger partial charge on any atom is -0.354 e. The van der Waals surface area contributed by atoms with E-state index in [2.05, 4.69) is 40.3 Å². The van der Waals surface area contributed by atoms with Crippen LogP contribution >= 0.6 is 15.9 Å². The Hall–Kier alpha value is -0.870. The molecule has 1 aromatic carbocycles. The normalized spacial score (nSPS) is 17.6. The van der Waals surface area contributed by atoms with Crippen molar-refractivity contribution in [3.05, 3.63) is 34.3 Å². The van der Waals surface area contributed by atoms with Gasteiger partial charge in [0.1, 0.15) is 0 Å². The highest BCUT2D eigenvalue weighted by atomic mass is 79.9. The van der Waals surface area contributed by atoms with Gasteiger partial charge < -0.3 is 11.1 Å². The lowest BCUT2D eigenvalue weighted by Gasteiger charge is -2.17. The molecule has 20 heavy (non-hydrogen) atoms. The van der Waals surface area contributed by atoms with Gasteiger partial charge in [-0.2, -0.15) is 0 Å². The van der Waals surface area contributed by atoms with E-state index in [4.69, 9.17) is 5.73 Å². The number of amides is 1. The second-order valence-electron chi connectivity index (χ2n) is 5.69. The van der Waals surface area contributed by atoms with E-state index in [0.29, 0.717) is 12.5 Å². The number of carbonyl (C=O) groups excluding carboxylic acids is 1. The molecule has 0 saturated heterocycles. The van der Waals surface area contributed by atoms with Crippen molar-refractivity contribution in [3.8, 4) is 0 Å². The Morgan fingerprint density at radius 2 is 2.25 bits per heavy atom. The van der Waals surface area contributed by atoms with Crippen molar-refractivity contribution in [2.24, 2.45) is 17.6 Å². The molecule has 1 fully saturated rings. The van der Waals surface area contributed by atoms with Gasteiger partial charge in [0.2, 0.25) is 5.91 Å². The summed E-state index contributed by atoms with van der Waals surface area (Å²) >= 11 is 3.47. The lowest BCUT2D eigenvalue weighted by molar-refractivity contribution is -0.125. The molecular weight excluding hydrogens is 316 g/mol. The SMILES string of the molecule is CCC(Cc1cccc(Br)c1)C(=O)NCC(N)C1CC1. The molecule has 0 spiro atoms. The Kier molecular flexibility index (Phi) is 5.61. The number of nitrogens with two attached hydrogens (primary N) is 1. The number of benzene rings is 1. The van der Waals surface area contributed by atoms with E-state index in [-0.39, 0.29) is 17.9 Å². The molecule has 110 valence electrons. The van der Waals surface area contributed by atoms with E-state index in [1.807, 2.05) is 12.1 Å². The van der Waals surface area contributed by atoms with Crippen molar-refractivity contribution in [2.75, 3.05) is 6.54 Å². The quantitative estimate of drug-likeness (QED) is 0.803. The van der Waals surface area contributed by atoms with Gasteiger partial charge in [0, 0.05) is 23.0 Å². The van der Waals surface area contributed by atoms with Gasteiger partial charge in [0.05, 0.1) is 0 Å². The van der Waals surface area contributed by atoms with Crippen LogP contribution in [0.5, 0.6) is 0 Å². The smallest absolute Gasteiger partial charge is 0.223 e. The molecule has 1 aliphatic rings. The highest BCUT2D eigenvalue weighted by molar-refractivity contribution is 9.10. The molecule has 2 atom stereocenters. The van der Waals surface area contributed by atoms with Crippen LogP contribution in [0, 0.1) is 11.8 Å². The van der Waals surface area contributed by atoms with Crippen LogP contribution in [-0.4, -0.2) is 18.5 Å². The van der Waals surface area contributed by atoms with Gasteiger partial charge >= 0.3 is 0 Å². The van der Waals surface area contributed by atoms with Gasteiger partial charge in [0.25, 0.3) is 0 Å². The van der Waals surface area contributed by atoms with Gasteiger partial charge in [-0.05, 0) is 49.3 Å². The summed E-state index contributed by atoms with van der Waals surface area (Å²) in [5.74, 6) is 0.778. The van der Waals surface area contributed by atoms with E-state index >= 15 is 0 Å². The second kappa shape index (κ2) is 7.23. The molecule has 0 radical (unpaired) electrons. The summed E-state index contributed by atoms with van der Waals surface area (Å²) in [6, 6.07) is 8.27. The molecule has 1 aliphatic carbocycles. The standard InChI is InChI=1S/C16H23BrN2O/c1-2-12(8-11-4-3-5-14(17)9-11)16(20)19-10-15(18)13-6-7-13/h3-5,9,12-13,15H,2,6-8,10,18H2,1H3,(H,19,20). The average molecular weight is 339 g/mol. The summed E-state index contributed by atoms with van der Waals surface area (Å²) in [6.07, 6.45) is 4.05. The first kappa shape index (κ1) is 15.5. The maximum Gasteiger partial charge on any atom is 0.223 e. The number of carbonyl (C=O) groups is 1. The summed E-state index contributed by atoms with van der Waals surface area (Å²) in [7, 11) is 0. The molecule has 3 nitrogen and oxygen atoms in total. The van der Waals surface area contributed by atoms with Gasteiger partial charge in [-0.3, -0.25) is 4.79 Å². The molecule has 1 saturated carbocycles. The highest BCUT2D eigenvalue weighted by Gasteiger charge is 2.29. The van der Waals surface area contributed by atoms with Crippen molar-refractivity contribution < 1.29 is 4.79 Å². The fourth-order valence-electron chi connectivity index (χ4n) is 2.42. The summed E-state index contributed by atoms with van der Waals surface area (Å²) in [5, 5.41) is 3.01. The van der Waals surface area contributed by atoms with E-state index in [1.54, 1.807) is 0 Å². The maximum atomic E-state index is 12.2. The summed E-state index contributed by atoms with van der Waals surface area (Å²) in [4.78, 5) is 12.2. The number of hydrogen-bond donors (Lipinski definition) is 2. The molecular formula is C16H23BrN2O. The zero-order valence-corrected chi connectivity index (χ0v) is 13.5.